The van der Waals surface area contributed by atoms with Gasteiger partial charge in [0.05, 0.1) is 50.5 Å². The van der Waals surface area contributed by atoms with Crippen molar-refractivity contribution in [2.75, 3.05) is 51.3 Å². The number of benzene rings is 2. The maximum Gasteiger partial charge on any atom is 0.410 e. The fourth-order valence-electron chi connectivity index (χ4n) is 6.64. The Kier molecular flexibility index (Phi) is 14.8. The van der Waals surface area contributed by atoms with Gasteiger partial charge in [-0.3, -0.25) is 9.78 Å². The van der Waals surface area contributed by atoms with Gasteiger partial charge in [0.15, 0.2) is 0 Å². The Morgan fingerprint density at radius 2 is 1.37 bits per heavy atom. The SMILES string of the molecule is CC(C)(C)OC(=O)N[C@H](C(=O)Nc1cncc(F)c1CC[C@@H]1CN(C(=O)OC(C)(C)C)C[C@@H](COC(=O)N2CCOCC2)O1)C(c1ccc(F)cc1)c1ccc(F)cc1. The number of morpholine rings is 2. The average molecular weight is 828 g/mol. The van der Waals surface area contributed by atoms with E-state index in [1.165, 1.54) is 64.5 Å². The molecule has 2 aliphatic rings. The van der Waals surface area contributed by atoms with Gasteiger partial charge in [0.1, 0.15) is 47.4 Å². The number of carbonyl (C=O) groups is 4. The highest BCUT2D eigenvalue weighted by Gasteiger charge is 2.37. The number of ether oxygens (including phenoxy) is 5. The summed E-state index contributed by atoms with van der Waals surface area (Å²) in [5, 5.41) is 5.34. The summed E-state index contributed by atoms with van der Waals surface area (Å²) in [4.78, 5) is 60.6. The molecule has 0 aliphatic carbocycles. The molecule has 5 rings (SSSR count). The normalized spacial score (nSPS) is 17.9. The largest absolute Gasteiger partial charge is 0.447 e. The van der Waals surface area contributed by atoms with Crippen molar-refractivity contribution in [3.63, 3.8) is 0 Å². The Bertz CT molecular complexity index is 1870. The van der Waals surface area contributed by atoms with Gasteiger partial charge in [0, 0.05) is 24.6 Å². The molecule has 0 spiro atoms. The van der Waals surface area contributed by atoms with Crippen LogP contribution in [0.3, 0.4) is 0 Å². The van der Waals surface area contributed by atoms with E-state index in [1.54, 1.807) is 41.5 Å². The smallest absolute Gasteiger partial charge is 0.410 e. The number of pyridine rings is 1. The molecule has 1 aromatic heterocycles. The third kappa shape index (κ3) is 13.3. The van der Waals surface area contributed by atoms with E-state index >= 15 is 4.39 Å². The summed E-state index contributed by atoms with van der Waals surface area (Å²) in [7, 11) is 0. The van der Waals surface area contributed by atoms with E-state index in [0.717, 1.165) is 6.20 Å². The molecular formula is C42H52F3N5O9. The Hall–Kier alpha value is -5.42. The van der Waals surface area contributed by atoms with Gasteiger partial charge < -0.3 is 44.1 Å². The number of nitrogens with zero attached hydrogens (tertiary/aromatic N) is 3. The van der Waals surface area contributed by atoms with Crippen LogP contribution in [0.2, 0.25) is 0 Å². The number of rotatable bonds is 11. The molecule has 2 aromatic carbocycles. The molecule has 3 heterocycles. The highest BCUT2D eigenvalue weighted by Crippen LogP contribution is 2.31. The number of alkyl carbamates (subject to hydrolysis) is 1. The number of hydrogen-bond acceptors (Lipinski definition) is 10. The molecule has 320 valence electrons. The monoisotopic (exact) mass is 827 g/mol. The second-order valence-electron chi connectivity index (χ2n) is 16.3. The molecule has 17 heteroatoms. The van der Waals surface area contributed by atoms with E-state index < -0.39 is 77.0 Å². The first-order chi connectivity index (χ1) is 27.8. The molecule has 2 fully saturated rings. The third-order valence-corrected chi connectivity index (χ3v) is 9.27. The van der Waals surface area contributed by atoms with Crippen LogP contribution >= 0.6 is 0 Å². The Labute approximate surface area is 341 Å². The zero-order valence-corrected chi connectivity index (χ0v) is 34.1. The molecule has 2 saturated heterocycles. The zero-order chi connectivity index (χ0) is 42.9. The van der Waals surface area contributed by atoms with E-state index in [1.807, 2.05) is 0 Å². The fourth-order valence-corrected chi connectivity index (χ4v) is 6.64. The Morgan fingerprint density at radius 1 is 0.797 bits per heavy atom. The van der Waals surface area contributed by atoms with Crippen LogP contribution in [0.1, 0.15) is 70.6 Å². The summed E-state index contributed by atoms with van der Waals surface area (Å²) in [6, 6.07) is 9.08. The molecule has 2 aliphatic heterocycles. The topological polar surface area (TPSA) is 158 Å². The Morgan fingerprint density at radius 3 is 1.95 bits per heavy atom. The molecule has 2 N–H and O–H groups in total. The van der Waals surface area contributed by atoms with E-state index in [0.29, 0.717) is 37.4 Å². The molecule has 59 heavy (non-hydrogen) atoms. The minimum Gasteiger partial charge on any atom is -0.447 e. The second kappa shape index (κ2) is 19.6. The summed E-state index contributed by atoms with van der Waals surface area (Å²) in [6.45, 7) is 11.7. The lowest BCUT2D eigenvalue weighted by Crippen LogP contribution is -2.53. The summed E-state index contributed by atoms with van der Waals surface area (Å²) in [6.07, 6.45) is -1.12. The van der Waals surface area contributed by atoms with Gasteiger partial charge in [-0.1, -0.05) is 24.3 Å². The van der Waals surface area contributed by atoms with Crippen molar-refractivity contribution in [3.05, 3.63) is 95.1 Å². The summed E-state index contributed by atoms with van der Waals surface area (Å²) in [5.74, 6) is -3.64. The molecule has 14 nitrogen and oxygen atoms in total. The van der Waals surface area contributed by atoms with Gasteiger partial charge >= 0.3 is 18.3 Å². The van der Waals surface area contributed by atoms with E-state index in [9.17, 15) is 28.0 Å². The van der Waals surface area contributed by atoms with Crippen molar-refractivity contribution in [2.24, 2.45) is 0 Å². The number of amides is 4. The van der Waals surface area contributed by atoms with Gasteiger partial charge in [-0.25, -0.2) is 27.6 Å². The molecule has 0 bridgehead atoms. The van der Waals surface area contributed by atoms with Crippen LogP contribution in [-0.2, 0) is 34.9 Å². The number of halogens is 3. The first-order valence-corrected chi connectivity index (χ1v) is 19.4. The molecule has 0 radical (unpaired) electrons. The third-order valence-electron chi connectivity index (χ3n) is 9.27. The highest BCUT2D eigenvalue weighted by atomic mass is 19.1. The minimum atomic E-state index is -1.46. The number of nitrogens with one attached hydrogen (secondary N) is 2. The lowest BCUT2D eigenvalue weighted by Gasteiger charge is -2.38. The molecule has 3 aromatic rings. The van der Waals surface area contributed by atoms with E-state index in [4.69, 9.17) is 23.7 Å². The predicted octanol–water partition coefficient (Wildman–Crippen LogP) is 6.57. The van der Waals surface area contributed by atoms with Crippen LogP contribution < -0.4 is 10.6 Å². The van der Waals surface area contributed by atoms with Crippen molar-refractivity contribution in [1.82, 2.24) is 20.1 Å². The van der Waals surface area contributed by atoms with Crippen LogP contribution in [0.25, 0.3) is 0 Å². The van der Waals surface area contributed by atoms with Crippen molar-refractivity contribution < 1.29 is 56.0 Å². The van der Waals surface area contributed by atoms with E-state index in [-0.39, 0.29) is 43.8 Å². The number of hydrogen-bond donors (Lipinski definition) is 2. The van der Waals surface area contributed by atoms with Crippen LogP contribution in [0.15, 0.2) is 60.9 Å². The fraction of sp³-hybridized carbons (Fsp3) is 0.500. The predicted molar refractivity (Wildman–Crippen MR) is 209 cm³/mol. The van der Waals surface area contributed by atoms with Gasteiger partial charge in [0.25, 0.3) is 0 Å². The summed E-state index contributed by atoms with van der Waals surface area (Å²) < 4.78 is 72.2. The second-order valence-corrected chi connectivity index (χ2v) is 16.3. The van der Waals surface area contributed by atoms with Gasteiger partial charge in [0.2, 0.25) is 5.91 Å². The minimum absolute atomic E-state index is 0.0133. The van der Waals surface area contributed by atoms with Gasteiger partial charge in [-0.15, -0.1) is 0 Å². The van der Waals surface area contributed by atoms with Crippen LogP contribution in [0, 0.1) is 17.5 Å². The molecule has 4 amide bonds. The van der Waals surface area contributed by atoms with Crippen molar-refractivity contribution >= 4 is 29.9 Å². The van der Waals surface area contributed by atoms with Crippen molar-refractivity contribution in [1.29, 1.82) is 0 Å². The molecule has 0 unspecified atom stereocenters. The molecule has 3 atom stereocenters. The van der Waals surface area contributed by atoms with Crippen molar-refractivity contribution in [2.45, 2.75) is 89.8 Å². The maximum atomic E-state index is 15.7. The van der Waals surface area contributed by atoms with Crippen LogP contribution in [0.5, 0.6) is 0 Å². The maximum absolute atomic E-state index is 15.7. The number of anilines is 1. The zero-order valence-electron chi connectivity index (χ0n) is 34.1. The first-order valence-electron chi connectivity index (χ1n) is 19.4. The lowest BCUT2D eigenvalue weighted by atomic mass is 9.84. The number of carbonyl (C=O) groups excluding carboxylic acids is 4. The lowest BCUT2D eigenvalue weighted by molar-refractivity contribution is -0.118. The van der Waals surface area contributed by atoms with Crippen LogP contribution in [0.4, 0.5) is 33.2 Å². The van der Waals surface area contributed by atoms with Crippen molar-refractivity contribution in [3.8, 4) is 0 Å². The number of aromatic nitrogens is 1. The quantitative estimate of drug-likeness (QED) is 0.203. The molecular weight excluding hydrogens is 775 g/mol. The summed E-state index contributed by atoms with van der Waals surface area (Å²) >= 11 is 0. The Balaban J connectivity index is 1.39. The standard InChI is InChI=1S/C42H52F3N5O9/c1-41(2,3)58-38(52)48-36(35(26-7-11-28(43)12-8-26)27-9-13-29(44)14-10-27)37(51)47-34-22-46-21-33(45)32(34)16-15-30-23-50(40(54)59-42(4,5)6)24-31(57-30)25-56-39(53)49-17-19-55-20-18-49/h7-14,21-22,30-31,35-36H,15-20,23-25H2,1-6H3,(H,47,51)(H,48,52)/t30-,31+,36+/m1/s1. The van der Waals surface area contributed by atoms with Gasteiger partial charge in [-0.2, -0.15) is 0 Å². The summed E-state index contributed by atoms with van der Waals surface area (Å²) in [5.41, 5.74) is -0.896. The average Bonchev–Trinajstić information content (AvgIpc) is 3.16. The van der Waals surface area contributed by atoms with Crippen LogP contribution in [-0.4, -0.2) is 114 Å². The highest BCUT2D eigenvalue weighted by molar-refractivity contribution is 5.98. The van der Waals surface area contributed by atoms with E-state index in [2.05, 4.69) is 15.6 Å². The molecule has 0 saturated carbocycles. The first kappa shape index (κ1) is 44.7. The van der Waals surface area contributed by atoms with Gasteiger partial charge in [-0.05, 0) is 89.8 Å².